The Balaban J connectivity index is 1.67. The minimum Gasteiger partial charge on any atom is -0.335 e. The number of carbonyl (C=O) groups excluding carboxylic acids is 1. The van der Waals surface area contributed by atoms with Crippen LogP contribution in [0.1, 0.15) is 0 Å². The minimum atomic E-state index is -0.852. The van der Waals surface area contributed by atoms with Crippen LogP contribution in [0.25, 0.3) is 11.4 Å². The summed E-state index contributed by atoms with van der Waals surface area (Å²) in [6.45, 7) is 0. The summed E-state index contributed by atoms with van der Waals surface area (Å²) in [6, 6.07) is 10.2. The number of anilines is 1. The molecule has 134 valence electrons. The Kier molecular flexibility index (Phi) is 5.38. The Hall–Kier alpha value is -2.65. The third-order valence-electron chi connectivity index (χ3n) is 3.33. The van der Waals surface area contributed by atoms with E-state index in [9.17, 15) is 13.6 Å². The van der Waals surface area contributed by atoms with E-state index in [2.05, 4.69) is 15.5 Å². The quantitative estimate of drug-likeness (QED) is 0.511. The fourth-order valence-electron chi connectivity index (χ4n) is 2.09. The summed E-state index contributed by atoms with van der Waals surface area (Å²) in [5.74, 6) is 3.89. The van der Waals surface area contributed by atoms with Crippen molar-refractivity contribution in [3.05, 3.63) is 59.1 Å². The Morgan fingerprint density at radius 3 is 2.46 bits per heavy atom. The molecule has 0 unspecified atom stereocenters. The van der Waals surface area contributed by atoms with Crippen LogP contribution in [0.4, 0.5) is 14.5 Å². The van der Waals surface area contributed by atoms with Crippen molar-refractivity contribution >= 4 is 35.0 Å². The van der Waals surface area contributed by atoms with Gasteiger partial charge in [-0.1, -0.05) is 29.4 Å². The Morgan fingerprint density at radius 2 is 1.81 bits per heavy atom. The monoisotopic (exact) mass is 395 g/mol. The third kappa shape index (κ3) is 3.94. The average molecular weight is 396 g/mol. The topological polar surface area (TPSA) is 85.8 Å². The van der Waals surface area contributed by atoms with E-state index >= 15 is 0 Å². The van der Waals surface area contributed by atoms with E-state index in [-0.39, 0.29) is 10.9 Å². The molecule has 1 aromatic heterocycles. The molecule has 0 saturated carbocycles. The van der Waals surface area contributed by atoms with Crippen LogP contribution in [0, 0.1) is 11.6 Å². The van der Waals surface area contributed by atoms with Gasteiger partial charge in [-0.3, -0.25) is 4.79 Å². The van der Waals surface area contributed by atoms with Crippen LogP contribution < -0.4 is 11.2 Å². The molecule has 0 saturated heterocycles. The molecule has 1 heterocycles. The first kappa shape index (κ1) is 18.2. The number of thioether (sulfide) groups is 1. The Bertz CT molecular complexity index is 928. The first-order valence-electron chi connectivity index (χ1n) is 7.29. The molecule has 6 nitrogen and oxygen atoms in total. The normalized spacial score (nSPS) is 10.7. The molecule has 0 atom stereocenters. The lowest BCUT2D eigenvalue weighted by Gasteiger charge is -2.07. The summed E-state index contributed by atoms with van der Waals surface area (Å²) in [6.07, 6.45) is 0. The average Bonchev–Trinajstić information content (AvgIpc) is 2.98. The number of nitrogens with two attached hydrogens (primary N) is 1. The fraction of sp³-hybridized carbons (Fsp3) is 0.0625. The lowest BCUT2D eigenvalue weighted by Crippen LogP contribution is -2.17. The lowest BCUT2D eigenvalue weighted by molar-refractivity contribution is -0.113. The van der Waals surface area contributed by atoms with Crippen LogP contribution >= 0.6 is 23.4 Å². The summed E-state index contributed by atoms with van der Waals surface area (Å²) >= 11 is 6.83. The van der Waals surface area contributed by atoms with E-state index in [1.54, 1.807) is 24.3 Å². The molecule has 26 heavy (non-hydrogen) atoms. The summed E-state index contributed by atoms with van der Waals surface area (Å²) in [5, 5.41) is 10.9. The van der Waals surface area contributed by atoms with Gasteiger partial charge < -0.3 is 11.2 Å². The van der Waals surface area contributed by atoms with Crippen molar-refractivity contribution in [1.29, 1.82) is 0 Å². The van der Waals surface area contributed by atoms with Crippen LogP contribution in [0.5, 0.6) is 0 Å². The maximum Gasteiger partial charge on any atom is 0.235 e. The molecule has 0 bridgehead atoms. The molecule has 0 aliphatic heterocycles. The predicted molar refractivity (Wildman–Crippen MR) is 96.3 cm³/mol. The molecule has 3 aromatic rings. The highest BCUT2D eigenvalue weighted by atomic mass is 35.5. The molecule has 0 spiro atoms. The van der Waals surface area contributed by atoms with Gasteiger partial charge in [-0.25, -0.2) is 13.5 Å². The number of nitrogens with one attached hydrogen (secondary N) is 1. The number of nitrogens with zero attached hydrogens (tertiary/aromatic N) is 3. The van der Waals surface area contributed by atoms with Crippen LogP contribution in [0.2, 0.25) is 5.02 Å². The van der Waals surface area contributed by atoms with Crippen molar-refractivity contribution in [2.75, 3.05) is 16.9 Å². The number of hydrogen-bond acceptors (Lipinski definition) is 5. The van der Waals surface area contributed by atoms with Gasteiger partial charge in [0.15, 0.2) is 5.82 Å². The van der Waals surface area contributed by atoms with Gasteiger partial charge in [0.05, 0.1) is 5.75 Å². The summed E-state index contributed by atoms with van der Waals surface area (Å²) in [4.78, 5) is 11.9. The lowest BCUT2D eigenvalue weighted by atomic mass is 10.2. The number of rotatable bonds is 5. The zero-order valence-corrected chi connectivity index (χ0v) is 14.7. The van der Waals surface area contributed by atoms with Crippen LogP contribution in [0.15, 0.2) is 47.6 Å². The van der Waals surface area contributed by atoms with Gasteiger partial charge >= 0.3 is 0 Å². The van der Waals surface area contributed by atoms with Crippen molar-refractivity contribution < 1.29 is 13.6 Å². The second-order valence-corrected chi connectivity index (χ2v) is 6.50. The van der Waals surface area contributed by atoms with Gasteiger partial charge in [0.1, 0.15) is 17.3 Å². The number of halogens is 3. The molecule has 3 rings (SSSR count). The molecular formula is C16H12ClF2N5OS. The number of benzene rings is 2. The molecule has 10 heteroatoms. The molecule has 2 aromatic carbocycles. The van der Waals surface area contributed by atoms with Crippen LogP contribution in [-0.4, -0.2) is 26.5 Å². The van der Waals surface area contributed by atoms with Crippen LogP contribution in [0.3, 0.4) is 0 Å². The summed E-state index contributed by atoms with van der Waals surface area (Å²) < 4.78 is 28.3. The zero-order chi connectivity index (χ0) is 18.7. The first-order valence-corrected chi connectivity index (χ1v) is 8.65. The van der Waals surface area contributed by atoms with E-state index in [1.807, 2.05) is 0 Å². The van der Waals surface area contributed by atoms with Crippen molar-refractivity contribution in [3.63, 3.8) is 0 Å². The Labute approximate surface area is 156 Å². The molecule has 0 aliphatic carbocycles. The van der Waals surface area contributed by atoms with Crippen molar-refractivity contribution in [1.82, 2.24) is 14.9 Å². The van der Waals surface area contributed by atoms with Crippen molar-refractivity contribution in [2.45, 2.75) is 5.16 Å². The number of hydrogen-bond donors (Lipinski definition) is 2. The SMILES string of the molecule is Nn1c(SCC(=O)Nc2c(F)cccc2F)nnc1-c1ccc(Cl)cc1. The third-order valence-corrected chi connectivity index (χ3v) is 4.52. The standard InChI is InChI=1S/C16H12ClF2N5OS/c17-10-6-4-9(5-7-10)15-22-23-16(24(15)20)26-8-13(25)21-14-11(18)2-1-3-12(14)19/h1-7H,8,20H2,(H,21,25). The van der Waals surface area contributed by atoms with Gasteiger partial charge in [-0.2, -0.15) is 0 Å². The highest BCUT2D eigenvalue weighted by Crippen LogP contribution is 2.23. The van der Waals surface area contributed by atoms with E-state index in [4.69, 9.17) is 17.4 Å². The molecule has 0 radical (unpaired) electrons. The Morgan fingerprint density at radius 1 is 1.15 bits per heavy atom. The van der Waals surface area contributed by atoms with Crippen molar-refractivity contribution in [3.8, 4) is 11.4 Å². The van der Waals surface area contributed by atoms with E-state index in [0.29, 0.717) is 16.4 Å². The molecule has 0 fully saturated rings. The van der Waals surface area contributed by atoms with E-state index in [0.717, 1.165) is 23.9 Å². The van der Waals surface area contributed by atoms with Gasteiger partial charge in [-0.05, 0) is 36.4 Å². The summed E-state index contributed by atoms with van der Waals surface area (Å²) in [5.41, 5.74) is 0.211. The zero-order valence-electron chi connectivity index (χ0n) is 13.1. The predicted octanol–water partition coefficient (Wildman–Crippen LogP) is 3.32. The number of nitrogen functional groups attached to an aromatic ring is 1. The summed E-state index contributed by atoms with van der Waals surface area (Å²) in [7, 11) is 0. The number of para-hydroxylation sites is 1. The molecular weight excluding hydrogens is 384 g/mol. The maximum absolute atomic E-state index is 13.5. The van der Waals surface area contributed by atoms with Gasteiger partial charge in [0, 0.05) is 10.6 Å². The van der Waals surface area contributed by atoms with Gasteiger partial charge in [-0.15, -0.1) is 10.2 Å². The molecule has 0 aliphatic rings. The second kappa shape index (κ2) is 7.71. The van der Waals surface area contributed by atoms with Crippen molar-refractivity contribution in [2.24, 2.45) is 0 Å². The highest BCUT2D eigenvalue weighted by Gasteiger charge is 2.16. The fourth-order valence-corrected chi connectivity index (χ4v) is 2.88. The first-order chi connectivity index (χ1) is 12.5. The number of amides is 1. The van der Waals surface area contributed by atoms with Crippen LogP contribution in [-0.2, 0) is 4.79 Å². The maximum atomic E-state index is 13.5. The van der Waals surface area contributed by atoms with E-state index in [1.165, 1.54) is 10.7 Å². The second-order valence-electron chi connectivity index (χ2n) is 5.12. The molecule has 1 amide bonds. The number of aromatic nitrogens is 3. The van der Waals surface area contributed by atoms with Gasteiger partial charge in [0.2, 0.25) is 11.1 Å². The largest absolute Gasteiger partial charge is 0.335 e. The smallest absolute Gasteiger partial charge is 0.235 e. The van der Waals surface area contributed by atoms with E-state index < -0.39 is 23.2 Å². The minimum absolute atomic E-state index is 0.149. The van der Waals surface area contributed by atoms with Gasteiger partial charge in [0.25, 0.3) is 0 Å². The highest BCUT2D eigenvalue weighted by molar-refractivity contribution is 7.99. The number of carbonyl (C=O) groups is 1. The molecule has 3 N–H and O–H groups in total.